The molecule has 0 aromatic carbocycles. The van der Waals surface area contributed by atoms with Gasteiger partial charge in [0.1, 0.15) is 0 Å². The van der Waals surface area contributed by atoms with Crippen molar-refractivity contribution in [3.63, 3.8) is 0 Å². The van der Waals surface area contributed by atoms with Gasteiger partial charge in [0, 0.05) is 0 Å². The van der Waals surface area contributed by atoms with Crippen LogP contribution in [0.15, 0.2) is 0 Å². The number of aliphatic hydroxyl groups excluding tert-OH is 1. The van der Waals surface area contributed by atoms with Gasteiger partial charge in [-0.25, -0.2) is 4.68 Å². The van der Waals surface area contributed by atoms with Crippen LogP contribution in [-0.4, -0.2) is 49.9 Å². The van der Waals surface area contributed by atoms with Crippen LogP contribution < -0.4 is 0 Å². The van der Waals surface area contributed by atoms with E-state index in [1.807, 2.05) is 0 Å². The zero-order chi connectivity index (χ0) is 9.80. The second kappa shape index (κ2) is 4.47. The molecule has 1 saturated heterocycles. The van der Waals surface area contributed by atoms with Gasteiger partial charge in [-0.15, -0.1) is 5.10 Å². The molecular weight excluding hydrogens is 182 g/mol. The van der Waals surface area contributed by atoms with Gasteiger partial charge in [0.05, 0.1) is 19.7 Å². The fraction of sp³-hybridized carbons (Fsp3) is 0.875. The predicted molar refractivity (Wildman–Crippen MR) is 49.4 cm³/mol. The molecule has 1 N–H and O–H groups in total. The van der Waals surface area contributed by atoms with E-state index in [-0.39, 0.29) is 6.61 Å². The molecule has 0 radical (unpaired) electrons. The first-order valence-electron chi connectivity index (χ1n) is 4.98. The summed E-state index contributed by atoms with van der Waals surface area (Å²) in [4.78, 5) is 2.33. The van der Waals surface area contributed by atoms with Crippen LogP contribution in [0.25, 0.3) is 0 Å². The second-order valence-electron chi connectivity index (χ2n) is 3.53. The van der Waals surface area contributed by atoms with E-state index in [2.05, 4.69) is 20.4 Å². The minimum absolute atomic E-state index is 0.0814. The smallest absolute Gasteiger partial charge is 0.165 e. The van der Waals surface area contributed by atoms with E-state index in [0.29, 0.717) is 6.54 Å². The first-order valence-corrected chi connectivity index (χ1v) is 4.98. The molecule has 0 aliphatic carbocycles. The third kappa shape index (κ3) is 2.08. The van der Waals surface area contributed by atoms with E-state index in [9.17, 15) is 0 Å². The summed E-state index contributed by atoms with van der Waals surface area (Å²) in [6.45, 7) is 3.62. The third-order valence-electron chi connectivity index (χ3n) is 2.48. The molecule has 0 saturated carbocycles. The topological polar surface area (TPSA) is 67.1 Å². The van der Waals surface area contributed by atoms with Crippen molar-refractivity contribution in [3.05, 3.63) is 5.82 Å². The third-order valence-corrected chi connectivity index (χ3v) is 2.48. The maximum Gasteiger partial charge on any atom is 0.165 e. The number of rotatable bonds is 4. The quantitative estimate of drug-likeness (QED) is 0.688. The molecule has 0 bridgehead atoms. The van der Waals surface area contributed by atoms with Gasteiger partial charge in [-0.3, -0.25) is 4.90 Å². The van der Waals surface area contributed by atoms with Gasteiger partial charge >= 0.3 is 0 Å². The highest BCUT2D eigenvalue weighted by Crippen LogP contribution is 2.10. The molecule has 1 aromatic rings. The number of aliphatic hydroxyl groups is 1. The fourth-order valence-electron chi connectivity index (χ4n) is 1.75. The number of hydrogen-bond donors (Lipinski definition) is 1. The Morgan fingerprint density at radius 3 is 2.79 bits per heavy atom. The van der Waals surface area contributed by atoms with E-state index < -0.39 is 0 Å². The van der Waals surface area contributed by atoms with Crippen molar-refractivity contribution in [2.45, 2.75) is 25.9 Å². The average molecular weight is 197 g/mol. The van der Waals surface area contributed by atoms with Crippen molar-refractivity contribution in [3.8, 4) is 0 Å². The van der Waals surface area contributed by atoms with E-state index in [1.165, 1.54) is 12.8 Å². The molecule has 0 amide bonds. The van der Waals surface area contributed by atoms with Crippen LogP contribution in [0.4, 0.5) is 0 Å². The number of aromatic nitrogens is 4. The first-order chi connectivity index (χ1) is 6.90. The Kier molecular flexibility index (Phi) is 3.05. The molecule has 1 aromatic heterocycles. The number of hydrogen-bond acceptors (Lipinski definition) is 5. The normalized spacial score (nSPS) is 17.8. The van der Waals surface area contributed by atoms with Crippen molar-refractivity contribution < 1.29 is 5.11 Å². The molecule has 0 spiro atoms. The van der Waals surface area contributed by atoms with Crippen LogP contribution in [-0.2, 0) is 13.1 Å². The minimum atomic E-state index is 0.0814. The zero-order valence-electron chi connectivity index (χ0n) is 8.13. The highest BCUT2D eigenvalue weighted by molar-refractivity contribution is 4.82. The molecule has 78 valence electrons. The predicted octanol–water partition coefficient (Wildman–Crippen LogP) is -0.739. The fourth-order valence-corrected chi connectivity index (χ4v) is 1.75. The number of likely N-dealkylation sites (tertiary alicyclic amines) is 1. The molecule has 1 aliphatic heterocycles. The van der Waals surface area contributed by atoms with Crippen LogP contribution in [0, 0.1) is 0 Å². The van der Waals surface area contributed by atoms with E-state index in [4.69, 9.17) is 5.11 Å². The van der Waals surface area contributed by atoms with Gasteiger partial charge in [0.15, 0.2) is 5.82 Å². The summed E-state index contributed by atoms with van der Waals surface area (Å²) in [6, 6.07) is 0. The second-order valence-corrected chi connectivity index (χ2v) is 3.53. The van der Waals surface area contributed by atoms with Gasteiger partial charge in [-0.2, -0.15) is 0 Å². The Morgan fingerprint density at radius 1 is 1.29 bits per heavy atom. The van der Waals surface area contributed by atoms with Gasteiger partial charge in [-0.05, 0) is 36.4 Å². The Bertz CT molecular complexity index is 281. The van der Waals surface area contributed by atoms with Crippen molar-refractivity contribution in [1.29, 1.82) is 0 Å². The largest absolute Gasteiger partial charge is 0.394 e. The Balaban J connectivity index is 1.96. The average Bonchev–Trinajstić information content (AvgIpc) is 2.80. The molecule has 14 heavy (non-hydrogen) atoms. The molecule has 0 unspecified atom stereocenters. The van der Waals surface area contributed by atoms with Gasteiger partial charge < -0.3 is 5.11 Å². The SMILES string of the molecule is OCCn1nnnc1CN1CCCC1. The maximum atomic E-state index is 8.79. The van der Waals surface area contributed by atoms with Crippen LogP contribution in [0.2, 0.25) is 0 Å². The molecule has 0 atom stereocenters. The summed E-state index contributed by atoms with van der Waals surface area (Å²) in [5.41, 5.74) is 0. The van der Waals surface area contributed by atoms with Crippen LogP contribution in [0.1, 0.15) is 18.7 Å². The summed E-state index contributed by atoms with van der Waals surface area (Å²) in [5, 5.41) is 20.2. The lowest BCUT2D eigenvalue weighted by atomic mass is 10.4. The van der Waals surface area contributed by atoms with Crippen molar-refractivity contribution in [2.24, 2.45) is 0 Å². The summed E-state index contributed by atoms with van der Waals surface area (Å²) in [7, 11) is 0. The van der Waals surface area contributed by atoms with Crippen LogP contribution in [0.5, 0.6) is 0 Å². The van der Waals surface area contributed by atoms with E-state index >= 15 is 0 Å². The van der Waals surface area contributed by atoms with Crippen molar-refractivity contribution in [1.82, 2.24) is 25.1 Å². The lowest BCUT2D eigenvalue weighted by molar-refractivity contribution is 0.257. The maximum absolute atomic E-state index is 8.79. The summed E-state index contributed by atoms with van der Waals surface area (Å²) in [5.74, 6) is 0.848. The monoisotopic (exact) mass is 197 g/mol. The Labute approximate surface area is 82.5 Å². The van der Waals surface area contributed by atoms with Gasteiger partial charge in [-0.1, -0.05) is 0 Å². The summed E-state index contributed by atoms with van der Waals surface area (Å²) < 4.78 is 1.66. The molecule has 2 heterocycles. The van der Waals surface area contributed by atoms with Crippen LogP contribution >= 0.6 is 0 Å². The van der Waals surface area contributed by atoms with E-state index in [1.54, 1.807) is 4.68 Å². The summed E-state index contributed by atoms with van der Waals surface area (Å²) in [6.07, 6.45) is 2.53. The van der Waals surface area contributed by atoms with Crippen LogP contribution in [0.3, 0.4) is 0 Å². The summed E-state index contributed by atoms with van der Waals surface area (Å²) >= 11 is 0. The first kappa shape index (κ1) is 9.54. The lowest BCUT2D eigenvalue weighted by Gasteiger charge is -2.13. The highest BCUT2D eigenvalue weighted by atomic mass is 16.3. The van der Waals surface area contributed by atoms with Gasteiger partial charge in [0.2, 0.25) is 0 Å². The molecule has 1 aliphatic rings. The number of nitrogens with zero attached hydrogens (tertiary/aromatic N) is 5. The zero-order valence-corrected chi connectivity index (χ0v) is 8.13. The Morgan fingerprint density at radius 2 is 2.07 bits per heavy atom. The minimum Gasteiger partial charge on any atom is -0.394 e. The van der Waals surface area contributed by atoms with Crippen molar-refractivity contribution in [2.75, 3.05) is 19.7 Å². The standard InChI is InChI=1S/C8H15N5O/c14-6-5-13-8(9-10-11-13)7-12-3-1-2-4-12/h14H,1-7H2. The molecule has 6 heteroatoms. The molecule has 1 fully saturated rings. The van der Waals surface area contributed by atoms with Crippen molar-refractivity contribution >= 4 is 0 Å². The van der Waals surface area contributed by atoms with E-state index in [0.717, 1.165) is 25.5 Å². The molecule has 2 rings (SSSR count). The van der Waals surface area contributed by atoms with Gasteiger partial charge in [0.25, 0.3) is 0 Å². The lowest BCUT2D eigenvalue weighted by Crippen LogP contribution is -2.22. The number of tetrazole rings is 1. The molecule has 6 nitrogen and oxygen atoms in total. The highest BCUT2D eigenvalue weighted by Gasteiger charge is 2.15. The molecular formula is C8H15N5O. The Hall–Kier alpha value is -1.01.